The van der Waals surface area contributed by atoms with Crippen molar-refractivity contribution in [2.45, 2.75) is 6.92 Å². The maximum absolute atomic E-state index is 11.1. The summed E-state index contributed by atoms with van der Waals surface area (Å²) in [6, 6.07) is 8.65. The first-order valence-corrected chi connectivity index (χ1v) is 6.18. The van der Waals surface area contributed by atoms with Crippen LogP contribution in [0.4, 0.5) is 11.5 Å². The van der Waals surface area contributed by atoms with Crippen LogP contribution in [-0.4, -0.2) is 15.9 Å². The number of anilines is 2. The number of benzene rings is 1. The van der Waals surface area contributed by atoms with Crippen LogP contribution < -0.4 is 15.8 Å². The van der Waals surface area contributed by atoms with Crippen LogP contribution in [0.1, 0.15) is 6.92 Å². The number of halogens is 1. The van der Waals surface area contributed by atoms with E-state index in [9.17, 15) is 4.79 Å². The number of nitrogen functional groups attached to an aromatic ring is 1. The molecular formula is C12H11BrN4O2. The second-order valence-electron chi connectivity index (χ2n) is 3.68. The Balaban J connectivity index is 2.29. The lowest BCUT2D eigenvalue weighted by Crippen LogP contribution is -2.07. The molecule has 0 saturated carbocycles. The van der Waals surface area contributed by atoms with Crippen molar-refractivity contribution in [3.63, 3.8) is 0 Å². The van der Waals surface area contributed by atoms with Gasteiger partial charge in [0.1, 0.15) is 10.4 Å². The van der Waals surface area contributed by atoms with Crippen LogP contribution in [0.3, 0.4) is 0 Å². The zero-order chi connectivity index (χ0) is 13.8. The highest BCUT2D eigenvalue weighted by Crippen LogP contribution is 2.28. The van der Waals surface area contributed by atoms with Crippen LogP contribution in [0, 0.1) is 0 Å². The molecule has 0 bridgehead atoms. The minimum Gasteiger partial charge on any atom is -0.422 e. The summed E-state index contributed by atoms with van der Waals surface area (Å²) in [7, 11) is 0. The maximum atomic E-state index is 11.1. The fourth-order valence-electron chi connectivity index (χ4n) is 1.41. The lowest BCUT2D eigenvalue weighted by molar-refractivity contribution is -0.114. The topological polar surface area (TPSA) is 90.1 Å². The Labute approximate surface area is 118 Å². The van der Waals surface area contributed by atoms with E-state index >= 15 is 0 Å². The molecule has 98 valence electrons. The Morgan fingerprint density at radius 2 is 2.11 bits per heavy atom. The first-order valence-electron chi connectivity index (χ1n) is 5.39. The summed E-state index contributed by atoms with van der Waals surface area (Å²) in [6.45, 7) is 1.42. The van der Waals surface area contributed by atoms with E-state index in [1.165, 1.54) is 6.92 Å². The van der Waals surface area contributed by atoms with Gasteiger partial charge >= 0.3 is 6.01 Å². The number of nitrogens with zero attached hydrogens (tertiary/aromatic N) is 2. The molecule has 19 heavy (non-hydrogen) atoms. The van der Waals surface area contributed by atoms with Crippen molar-refractivity contribution in [1.29, 1.82) is 0 Å². The standard InChI is InChI=1S/C12H11BrN4O2/c1-7(18)15-8-4-2-3-5-9(8)19-12-16-10(13)6-11(14)17-12/h2-6H,1H3,(H,15,18)(H2,14,16,17). The number of hydrogen-bond acceptors (Lipinski definition) is 5. The molecule has 1 heterocycles. The predicted molar refractivity (Wildman–Crippen MR) is 75.0 cm³/mol. The number of carbonyl (C=O) groups is 1. The Hall–Kier alpha value is -2.15. The van der Waals surface area contributed by atoms with E-state index in [0.717, 1.165) is 0 Å². The summed E-state index contributed by atoms with van der Waals surface area (Å²) < 4.78 is 6.05. The number of nitrogens with two attached hydrogens (primary N) is 1. The van der Waals surface area contributed by atoms with Gasteiger partial charge in [-0.2, -0.15) is 9.97 Å². The van der Waals surface area contributed by atoms with Gasteiger partial charge in [-0.15, -0.1) is 0 Å². The van der Waals surface area contributed by atoms with Crippen molar-refractivity contribution in [2.24, 2.45) is 0 Å². The molecule has 0 unspecified atom stereocenters. The molecule has 1 amide bonds. The Morgan fingerprint density at radius 3 is 2.79 bits per heavy atom. The number of ether oxygens (including phenoxy) is 1. The predicted octanol–water partition coefficient (Wildman–Crippen LogP) is 2.57. The quantitative estimate of drug-likeness (QED) is 0.847. The van der Waals surface area contributed by atoms with Crippen molar-refractivity contribution in [3.8, 4) is 11.8 Å². The number of carbonyl (C=O) groups excluding carboxylic acids is 1. The van der Waals surface area contributed by atoms with Crippen LogP contribution in [-0.2, 0) is 4.79 Å². The zero-order valence-corrected chi connectivity index (χ0v) is 11.6. The van der Waals surface area contributed by atoms with Crippen LogP contribution in [0.25, 0.3) is 0 Å². The minimum atomic E-state index is -0.189. The summed E-state index contributed by atoms with van der Waals surface area (Å²) in [4.78, 5) is 19.1. The summed E-state index contributed by atoms with van der Waals surface area (Å²) in [6.07, 6.45) is 0. The molecule has 3 N–H and O–H groups in total. The van der Waals surface area contributed by atoms with Crippen LogP contribution in [0.15, 0.2) is 34.9 Å². The number of nitrogens with one attached hydrogen (secondary N) is 1. The van der Waals surface area contributed by atoms with E-state index in [1.54, 1.807) is 30.3 Å². The normalized spacial score (nSPS) is 10.0. The molecule has 0 fully saturated rings. The van der Waals surface area contributed by atoms with Gasteiger partial charge in [-0.25, -0.2) is 0 Å². The molecule has 0 aliphatic heterocycles. The highest BCUT2D eigenvalue weighted by molar-refractivity contribution is 9.10. The van der Waals surface area contributed by atoms with Crippen molar-refractivity contribution >= 4 is 33.3 Å². The molecular weight excluding hydrogens is 312 g/mol. The van der Waals surface area contributed by atoms with Gasteiger partial charge in [0.25, 0.3) is 0 Å². The third-order valence-electron chi connectivity index (χ3n) is 2.09. The molecule has 1 aromatic carbocycles. The number of rotatable bonds is 3. The molecule has 0 aliphatic rings. The smallest absolute Gasteiger partial charge is 0.325 e. The lowest BCUT2D eigenvalue weighted by Gasteiger charge is -2.10. The highest BCUT2D eigenvalue weighted by atomic mass is 79.9. The van der Waals surface area contributed by atoms with E-state index in [4.69, 9.17) is 10.5 Å². The summed E-state index contributed by atoms with van der Waals surface area (Å²) in [5, 5.41) is 2.66. The Bertz CT molecular complexity index is 598. The van der Waals surface area contributed by atoms with Crippen LogP contribution >= 0.6 is 15.9 Å². The van der Waals surface area contributed by atoms with Crippen molar-refractivity contribution in [3.05, 3.63) is 34.9 Å². The monoisotopic (exact) mass is 322 g/mol. The Morgan fingerprint density at radius 1 is 1.37 bits per heavy atom. The van der Waals surface area contributed by atoms with E-state index in [2.05, 4.69) is 31.2 Å². The first-order chi connectivity index (χ1) is 9.04. The molecule has 7 heteroatoms. The van der Waals surface area contributed by atoms with Crippen LogP contribution in [0.5, 0.6) is 11.8 Å². The van der Waals surface area contributed by atoms with Gasteiger partial charge in [0.05, 0.1) is 5.69 Å². The third-order valence-corrected chi connectivity index (χ3v) is 2.50. The number of hydrogen-bond donors (Lipinski definition) is 2. The number of aromatic nitrogens is 2. The molecule has 6 nitrogen and oxygen atoms in total. The second-order valence-corrected chi connectivity index (χ2v) is 4.49. The molecule has 2 aromatic rings. The van der Waals surface area contributed by atoms with E-state index in [1.807, 2.05) is 0 Å². The summed E-state index contributed by atoms with van der Waals surface area (Å²) in [5.41, 5.74) is 6.14. The van der Waals surface area contributed by atoms with Gasteiger partial charge in [0, 0.05) is 13.0 Å². The largest absolute Gasteiger partial charge is 0.422 e. The molecule has 1 aromatic heterocycles. The number of para-hydroxylation sites is 2. The van der Waals surface area contributed by atoms with Gasteiger partial charge in [-0.1, -0.05) is 12.1 Å². The van der Waals surface area contributed by atoms with Gasteiger partial charge < -0.3 is 15.8 Å². The van der Waals surface area contributed by atoms with Gasteiger partial charge in [-0.05, 0) is 28.1 Å². The molecule has 0 aliphatic carbocycles. The summed E-state index contributed by atoms with van der Waals surface area (Å²) in [5.74, 6) is 0.537. The van der Waals surface area contributed by atoms with E-state index in [0.29, 0.717) is 16.0 Å². The highest BCUT2D eigenvalue weighted by Gasteiger charge is 2.08. The first kappa shape index (κ1) is 13.3. The molecule has 0 atom stereocenters. The summed E-state index contributed by atoms with van der Waals surface area (Å²) >= 11 is 3.20. The third kappa shape index (κ3) is 3.65. The second kappa shape index (κ2) is 5.66. The number of amides is 1. The molecule has 0 saturated heterocycles. The Kier molecular flexibility index (Phi) is 3.96. The fourth-order valence-corrected chi connectivity index (χ4v) is 1.79. The maximum Gasteiger partial charge on any atom is 0.325 e. The SMILES string of the molecule is CC(=O)Nc1ccccc1Oc1nc(N)cc(Br)n1. The zero-order valence-electron chi connectivity index (χ0n) is 10.1. The minimum absolute atomic E-state index is 0.102. The van der Waals surface area contributed by atoms with Crippen molar-refractivity contribution in [1.82, 2.24) is 9.97 Å². The molecule has 2 rings (SSSR count). The van der Waals surface area contributed by atoms with Crippen molar-refractivity contribution < 1.29 is 9.53 Å². The fraction of sp³-hybridized carbons (Fsp3) is 0.0833. The average molecular weight is 323 g/mol. The molecule has 0 spiro atoms. The van der Waals surface area contributed by atoms with Gasteiger partial charge in [0.15, 0.2) is 5.75 Å². The molecule has 0 radical (unpaired) electrons. The van der Waals surface area contributed by atoms with Gasteiger partial charge in [-0.3, -0.25) is 4.79 Å². The van der Waals surface area contributed by atoms with E-state index < -0.39 is 0 Å². The van der Waals surface area contributed by atoms with Crippen LogP contribution in [0.2, 0.25) is 0 Å². The van der Waals surface area contributed by atoms with Crippen molar-refractivity contribution in [2.75, 3.05) is 11.1 Å². The lowest BCUT2D eigenvalue weighted by atomic mass is 10.3. The average Bonchev–Trinajstić information content (AvgIpc) is 2.29. The van der Waals surface area contributed by atoms with E-state index in [-0.39, 0.29) is 17.7 Å². The van der Waals surface area contributed by atoms with Gasteiger partial charge in [0.2, 0.25) is 5.91 Å².